The van der Waals surface area contributed by atoms with E-state index in [2.05, 4.69) is 17.1 Å². The second kappa shape index (κ2) is 4.80. The molecule has 1 aliphatic heterocycles. The quantitative estimate of drug-likeness (QED) is 0.618. The first kappa shape index (κ1) is 9.96. The van der Waals surface area contributed by atoms with E-state index in [4.69, 9.17) is 0 Å². The average Bonchev–Trinajstić information content (AvgIpc) is 2.30. The van der Waals surface area contributed by atoms with Crippen LogP contribution in [-0.2, 0) is 0 Å². The van der Waals surface area contributed by atoms with Crippen molar-refractivity contribution >= 4 is 0 Å². The lowest BCUT2D eigenvalue weighted by Crippen LogP contribution is -2.42. The fourth-order valence-corrected chi connectivity index (χ4v) is 1.58. The Bertz CT molecular complexity index is 120. The summed E-state index contributed by atoms with van der Waals surface area (Å²) < 4.78 is 0. The lowest BCUT2D eigenvalue weighted by atomic mass is 10.2. The number of hydrogen-bond acceptors (Lipinski definition) is 3. The zero-order valence-corrected chi connectivity index (χ0v) is 8.08. The molecular weight excluding hydrogens is 152 g/mol. The van der Waals surface area contributed by atoms with Crippen LogP contribution in [0.2, 0.25) is 0 Å². The summed E-state index contributed by atoms with van der Waals surface area (Å²) in [5.74, 6) is 0. The van der Waals surface area contributed by atoms with E-state index in [0.717, 1.165) is 26.2 Å². The molecule has 0 aromatic rings. The fourth-order valence-electron chi connectivity index (χ4n) is 1.58. The van der Waals surface area contributed by atoms with E-state index >= 15 is 0 Å². The summed E-state index contributed by atoms with van der Waals surface area (Å²) in [4.78, 5) is 2.35. The molecule has 0 radical (unpaired) electrons. The third-order valence-electron chi connectivity index (χ3n) is 2.65. The van der Waals surface area contributed by atoms with E-state index in [9.17, 15) is 5.11 Å². The number of hydrogen-bond donors (Lipinski definition) is 2. The van der Waals surface area contributed by atoms with Crippen LogP contribution in [0.5, 0.6) is 0 Å². The topological polar surface area (TPSA) is 35.5 Å². The molecule has 0 aromatic heterocycles. The first-order valence-electron chi connectivity index (χ1n) is 4.84. The summed E-state index contributed by atoms with van der Waals surface area (Å²) in [5.41, 5.74) is 0. The minimum atomic E-state index is -0.219. The molecule has 72 valence electrons. The van der Waals surface area contributed by atoms with E-state index in [1.165, 1.54) is 6.42 Å². The number of nitrogens with zero attached hydrogens (tertiary/aromatic N) is 1. The van der Waals surface area contributed by atoms with Gasteiger partial charge < -0.3 is 10.4 Å². The number of rotatable bonds is 2. The van der Waals surface area contributed by atoms with Crippen molar-refractivity contribution in [3.05, 3.63) is 0 Å². The van der Waals surface area contributed by atoms with Crippen LogP contribution >= 0.6 is 0 Å². The third-order valence-corrected chi connectivity index (χ3v) is 2.65. The van der Waals surface area contributed by atoms with Gasteiger partial charge in [0, 0.05) is 19.1 Å². The zero-order chi connectivity index (χ0) is 8.97. The zero-order valence-electron chi connectivity index (χ0n) is 8.08. The van der Waals surface area contributed by atoms with E-state index in [1.807, 2.05) is 6.92 Å². The van der Waals surface area contributed by atoms with Gasteiger partial charge in [-0.1, -0.05) is 0 Å². The molecular formula is C9H20N2O. The molecule has 3 heteroatoms. The van der Waals surface area contributed by atoms with Crippen LogP contribution in [0, 0.1) is 0 Å². The molecule has 2 N–H and O–H groups in total. The lowest BCUT2D eigenvalue weighted by Gasteiger charge is -2.29. The molecule has 1 rings (SSSR count). The summed E-state index contributed by atoms with van der Waals surface area (Å²) >= 11 is 0. The molecule has 0 amide bonds. The van der Waals surface area contributed by atoms with Gasteiger partial charge in [-0.05, 0) is 33.4 Å². The van der Waals surface area contributed by atoms with Gasteiger partial charge in [0.1, 0.15) is 0 Å². The maximum atomic E-state index is 9.40. The predicted octanol–water partition coefficient (Wildman–Crippen LogP) is 0.0510. The van der Waals surface area contributed by atoms with Crippen molar-refractivity contribution in [3.8, 4) is 0 Å². The van der Waals surface area contributed by atoms with Crippen LogP contribution < -0.4 is 5.32 Å². The second-order valence-corrected chi connectivity index (χ2v) is 3.62. The normalized spacial score (nSPS) is 26.2. The minimum Gasteiger partial charge on any atom is -0.392 e. The van der Waals surface area contributed by atoms with Crippen LogP contribution in [0.3, 0.4) is 0 Å². The van der Waals surface area contributed by atoms with Crippen molar-refractivity contribution in [3.63, 3.8) is 0 Å². The molecule has 1 fully saturated rings. The van der Waals surface area contributed by atoms with E-state index in [0.29, 0.717) is 6.04 Å². The molecule has 0 saturated carbocycles. The summed E-state index contributed by atoms with van der Waals surface area (Å²) in [6.07, 6.45) is 0.972. The van der Waals surface area contributed by atoms with Gasteiger partial charge in [0.05, 0.1) is 6.10 Å². The van der Waals surface area contributed by atoms with Crippen molar-refractivity contribution in [2.24, 2.45) is 0 Å². The Morgan fingerprint density at radius 1 is 1.25 bits per heavy atom. The highest BCUT2D eigenvalue weighted by molar-refractivity contribution is 4.75. The van der Waals surface area contributed by atoms with Gasteiger partial charge in [0.15, 0.2) is 0 Å². The van der Waals surface area contributed by atoms with Crippen LogP contribution in [0.25, 0.3) is 0 Å². The largest absolute Gasteiger partial charge is 0.392 e. The van der Waals surface area contributed by atoms with Crippen molar-refractivity contribution in [1.82, 2.24) is 10.2 Å². The first-order chi connectivity index (χ1) is 5.72. The lowest BCUT2D eigenvalue weighted by molar-refractivity contribution is 0.0748. The molecule has 12 heavy (non-hydrogen) atoms. The number of aliphatic hydroxyl groups excluding tert-OH is 1. The van der Waals surface area contributed by atoms with Gasteiger partial charge in [-0.3, -0.25) is 4.90 Å². The molecule has 3 nitrogen and oxygen atoms in total. The number of nitrogens with one attached hydrogen (secondary N) is 1. The Labute approximate surface area is 74.8 Å². The SMILES string of the molecule is CC(O)C(C)N1CCCNCC1. The summed E-state index contributed by atoms with van der Waals surface area (Å²) in [5, 5.41) is 12.8. The fraction of sp³-hybridized carbons (Fsp3) is 1.00. The van der Waals surface area contributed by atoms with E-state index in [1.54, 1.807) is 0 Å². The molecule has 1 saturated heterocycles. The molecule has 0 bridgehead atoms. The molecule has 1 heterocycles. The first-order valence-corrected chi connectivity index (χ1v) is 4.84. The highest BCUT2D eigenvalue weighted by Crippen LogP contribution is 2.05. The standard InChI is InChI=1S/C9H20N2O/c1-8(9(2)12)11-6-3-4-10-5-7-11/h8-10,12H,3-7H2,1-2H3. The van der Waals surface area contributed by atoms with Crippen LogP contribution in [0.4, 0.5) is 0 Å². The molecule has 1 aliphatic rings. The maximum Gasteiger partial charge on any atom is 0.0664 e. The van der Waals surface area contributed by atoms with Gasteiger partial charge >= 0.3 is 0 Å². The maximum absolute atomic E-state index is 9.40. The van der Waals surface area contributed by atoms with E-state index < -0.39 is 0 Å². The van der Waals surface area contributed by atoms with Crippen LogP contribution in [0.15, 0.2) is 0 Å². The Kier molecular flexibility index (Phi) is 3.98. The van der Waals surface area contributed by atoms with Gasteiger partial charge in [-0.25, -0.2) is 0 Å². The average molecular weight is 172 g/mol. The Morgan fingerprint density at radius 2 is 2.00 bits per heavy atom. The molecule has 2 atom stereocenters. The smallest absolute Gasteiger partial charge is 0.0664 e. The van der Waals surface area contributed by atoms with Crippen molar-refractivity contribution < 1.29 is 5.11 Å². The van der Waals surface area contributed by atoms with Crippen LogP contribution in [-0.4, -0.2) is 48.3 Å². The number of aliphatic hydroxyl groups is 1. The van der Waals surface area contributed by atoms with Crippen molar-refractivity contribution in [2.45, 2.75) is 32.4 Å². The van der Waals surface area contributed by atoms with Gasteiger partial charge in [0.2, 0.25) is 0 Å². The highest BCUT2D eigenvalue weighted by atomic mass is 16.3. The minimum absolute atomic E-state index is 0.219. The Balaban J connectivity index is 2.37. The van der Waals surface area contributed by atoms with Crippen molar-refractivity contribution in [1.29, 1.82) is 0 Å². The molecule has 0 aromatic carbocycles. The van der Waals surface area contributed by atoms with Crippen LogP contribution in [0.1, 0.15) is 20.3 Å². The van der Waals surface area contributed by atoms with Gasteiger partial charge in [-0.15, -0.1) is 0 Å². The summed E-state index contributed by atoms with van der Waals surface area (Å²) in [6.45, 7) is 8.30. The predicted molar refractivity (Wildman–Crippen MR) is 50.2 cm³/mol. The molecule has 0 spiro atoms. The van der Waals surface area contributed by atoms with Gasteiger partial charge in [-0.2, -0.15) is 0 Å². The highest BCUT2D eigenvalue weighted by Gasteiger charge is 2.18. The summed E-state index contributed by atoms with van der Waals surface area (Å²) in [6, 6.07) is 0.296. The van der Waals surface area contributed by atoms with E-state index in [-0.39, 0.29) is 6.10 Å². The summed E-state index contributed by atoms with van der Waals surface area (Å²) in [7, 11) is 0. The second-order valence-electron chi connectivity index (χ2n) is 3.62. The monoisotopic (exact) mass is 172 g/mol. The van der Waals surface area contributed by atoms with Crippen molar-refractivity contribution in [2.75, 3.05) is 26.2 Å². The third kappa shape index (κ3) is 2.73. The Hall–Kier alpha value is -0.120. The molecule has 0 aliphatic carbocycles. The molecule has 2 unspecified atom stereocenters. The Morgan fingerprint density at radius 3 is 2.67 bits per heavy atom. The van der Waals surface area contributed by atoms with Gasteiger partial charge in [0.25, 0.3) is 0 Å².